The number of nitrogens with zero attached hydrogens (tertiary/aromatic N) is 2. The Hall–Kier alpha value is -5.31. The number of methoxy groups -OCH3 is 3. The Labute approximate surface area is 295 Å². The van der Waals surface area contributed by atoms with E-state index in [1.807, 2.05) is 44.2 Å². The van der Waals surface area contributed by atoms with Gasteiger partial charge < -0.3 is 42.6 Å². The average molecular weight is 713 g/mol. The van der Waals surface area contributed by atoms with E-state index in [-0.39, 0.29) is 18.3 Å². The van der Waals surface area contributed by atoms with Crippen molar-refractivity contribution in [3.8, 4) is 34.4 Å². The number of carbonyl (C=O) groups is 4. The van der Waals surface area contributed by atoms with Crippen molar-refractivity contribution < 1.29 is 61.8 Å². The predicted octanol–water partition coefficient (Wildman–Crippen LogP) is 4.21. The highest BCUT2D eigenvalue weighted by Crippen LogP contribution is 2.40. The van der Waals surface area contributed by atoms with Gasteiger partial charge in [-0.15, -0.1) is 5.10 Å². The zero-order chi connectivity index (χ0) is 37.4. The largest absolute Gasteiger partial charge is 0.497 e. The monoisotopic (exact) mass is 712 g/mol. The molecule has 0 amide bonds. The summed E-state index contributed by atoms with van der Waals surface area (Å²) in [4.78, 5) is 48.9. The van der Waals surface area contributed by atoms with Crippen molar-refractivity contribution in [2.75, 3.05) is 27.9 Å². The first-order valence-electron chi connectivity index (χ1n) is 16.2. The van der Waals surface area contributed by atoms with Crippen molar-refractivity contribution in [1.82, 2.24) is 9.78 Å². The number of esters is 4. The van der Waals surface area contributed by atoms with Crippen molar-refractivity contribution in [2.24, 2.45) is 0 Å². The Balaban J connectivity index is 1.92. The summed E-state index contributed by atoms with van der Waals surface area (Å²) in [5, 5.41) is 4.87. The van der Waals surface area contributed by atoms with Crippen molar-refractivity contribution in [2.45, 2.75) is 84.7 Å². The van der Waals surface area contributed by atoms with E-state index in [1.165, 1.54) is 6.92 Å². The Bertz CT molecular complexity index is 1700. The molecule has 0 unspecified atom stereocenters. The fourth-order valence-corrected chi connectivity index (χ4v) is 5.71. The lowest BCUT2D eigenvalue weighted by molar-refractivity contribution is -0.289. The second-order valence-corrected chi connectivity index (χ2v) is 11.9. The van der Waals surface area contributed by atoms with E-state index in [4.69, 9.17) is 47.7 Å². The first-order chi connectivity index (χ1) is 24.3. The lowest BCUT2D eigenvalue weighted by atomic mass is 9.97. The van der Waals surface area contributed by atoms with Gasteiger partial charge in [0.05, 0.1) is 27.0 Å². The second kappa shape index (κ2) is 17.1. The van der Waals surface area contributed by atoms with E-state index >= 15 is 0 Å². The first kappa shape index (κ1) is 38.5. The highest BCUT2D eigenvalue weighted by Gasteiger charge is 2.53. The molecule has 276 valence electrons. The summed E-state index contributed by atoms with van der Waals surface area (Å²) in [5.41, 5.74) is 2.86. The van der Waals surface area contributed by atoms with Crippen LogP contribution in [0.15, 0.2) is 42.5 Å². The van der Waals surface area contributed by atoms with Gasteiger partial charge in [-0.1, -0.05) is 6.07 Å². The van der Waals surface area contributed by atoms with Crippen LogP contribution in [0.1, 0.15) is 58.7 Å². The van der Waals surface area contributed by atoms with Crippen LogP contribution in [-0.4, -0.2) is 92.3 Å². The Morgan fingerprint density at radius 1 is 0.765 bits per heavy atom. The molecular weight excluding hydrogens is 668 g/mol. The summed E-state index contributed by atoms with van der Waals surface area (Å²) in [5.74, 6) is -1.02. The molecule has 4 rings (SSSR count). The summed E-state index contributed by atoms with van der Waals surface area (Å²) >= 11 is 0. The molecule has 5 atom stereocenters. The van der Waals surface area contributed by atoms with E-state index in [9.17, 15) is 19.2 Å². The minimum atomic E-state index is -1.50. The molecule has 1 saturated heterocycles. The van der Waals surface area contributed by atoms with Gasteiger partial charge in [-0.05, 0) is 49.7 Å². The van der Waals surface area contributed by atoms with Crippen molar-refractivity contribution in [1.29, 1.82) is 0 Å². The van der Waals surface area contributed by atoms with Gasteiger partial charge >= 0.3 is 23.9 Å². The zero-order valence-electron chi connectivity index (χ0n) is 30.1. The molecule has 15 nitrogen and oxygen atoms in total. The molecule has 3 aromatic rings. The maximum absolute atomic E-state index is 12.5. The number of rotatable bonds is 14. The van der Waals surface area contributed by atoms with Gasteiger partial charge in [0.2, 0.25) is 18.3 Å². The average Bonchev–Trinajstić information content (AvgIpc) is 3.43. The standard InChI is InChI=1S/C36H44N2O13/c1-19(2)38-31(24-10-13-26(43-7)14-11-24)28(16-25-12-15-27(44-8)17-29(25)45-9)35(37-38)51-36-34(49-23(6)42)33(48-22(5)41)32(47-21(4)40)30(50-36)18-46-20(3)39/h10-15,17,19,30,32-34,36H,16,18H2,1-9H3/t30-,32-,33+,34-,36+/m1/s1. The van der Waals surface area contributed by atoms with Gasteiger partial charge in [0.15, 0.2) is 12.2 Å². The number of carbonyl (C=O) groups excluding carboxylic acids is 4. The minimum Gasteiger partial charge on any atom is -0.497 e. The molecule has 1 aromatic heterocycles. The van der Waals surface area contributed by atoms with Crippen LogP contribution < -0.4 is 18.9 Å². The van der Waals surface area contributed by atoms with Crippen LogP contribution in [0, 0.1) is 0 Å². The van der Waals surface area contributed by atoms with Gasteiger partial charge in [-0.25, -0.2) is 0 Å². The fraction of sp³-hybridized carbons (Fsp3) is 0.472. The van der Waals surface area contributed by atoms with Crippen LogP contribution in [0.25, 0.3) is 11.3 Å². The van der Waals surface area contributed by atoms with Crippen molar-refractivity contribution >= 4 is 23.9 Å². The molecule has 15 heteroatoms. The number of aromatic nitrogens is 2. The second-order valence-electron chi connectivity index (χ2n) is 11.9. The van der Waals surface area contributed by atoms with Crippen molar-refractivity contribution in [3.05, 3.63) is 53.6 Å². The molecule has 0 radical (unpaired) electrons. The number of benzene rings is 2. The molecule has 1 aliphatic heterocycles. The van der Waals surface area contributed by atoms with Crippen LogP contribution in [0.3, 0.4) is 0 Å². The quantitative estimate of drug-likeness (QED) is 0.172. The topological polar surface area (TPSA) is 169 Å². The lowest BCUT2D eigenvalue weighted by Gasteiger charge is -2.43. The van der Waals surface area contributed by atoms with Crippen LogP contribution >= 0.6 is 0 Å². The molecule has 51 heavy (non-hydrogen) atoms. The van der Waals surface area contributed by atoms with Crippen LogP contribution in [0.2, 0.25) is 0 Å². The van der Waals surface area contributed by atoms with Gasteiger partial charge in [-0.2, -0.15) is 0 Å². The smallest absolute Gasteiger partial charge is 0.303 e. The minimum absolute atomic E-state index is 0.0910. The van der Waals surface area contributed by atoms with Gasteiger partial charge in [0, 0.05) is 57.4 Å². The Morgan fingerprint density at radius 2 is 1.35 bits per heavy atom. The van der Waals surface area contributed by atoms with E-state index in [0.29, 0.717) is 28.5 Å². The number of hydrogen-bond donors (Lipinski definition) is 0. The van der Waals surface area contributed by atoms with E-state index < -0.39 is 61.2 Å². The third-order valence-corrected chi connectivity index (χ3v) is 7.86. The highest BCUT2D eigenvalue weighted by molar-refractivity contribution is 5.70. The van der Waals surface area contributed by atoms with Crippen molar-refractivity contribution in [3.63, 3.8) is 0 Å². The zero-order valence-corrected chi connectivity index (χ0v) is 30.1. The predicted molar refractivity (Wildman–Crippen MR) is 180 cm³/mol. The van der Waals surface area contributed by atoms with Gasteiger partial charge in [0.1, 0.15) is 30.0 Å². The van der Waals surface area contributed by atoms with E-state index in [1.54, 1.807) is 38.1 Å². The molecule has 2 aromatic carbocycles. The van der Waals surface area contributed by atoms with Crippen LogP contribution in [0.4, 0.5) is 0 Å². The fourth-order valence-electron chi connectivity index (χ4n) is 5.71. The summed E-state index contributed by atoms with van der Waals surface area (Å²) in [6.45, 7) is 8.15. The summed E-state index contributed by atoms with van der Waals surface area (Å²) in [6, 6.07) is 12.7. The third kappa shape index (κ3) is 9.48. The molecule has 1 fully saturated rings. The number of ether oxygens (including phenoxy) is 9. The highest BCUT2D eigenvalue weighted by atomic mass is 16.7. The SMILES string of the molecule is COc1ccc(-c2c(Cc3ccc(OC)cc3OC)c(O[C@@H]3O[C@H](COC(C)=O)[C@@H](OC(C)=O)[C@H](OC(C)=O)[C@H]3OC(C)=O)nn2C(C)C)cc1. The molecule has 0 aliphatic carbocycles. The molecular formula is C36H44N2O13. The van der Waals surface area contributed by atoms with E-state index in [2.05, 4.69) is 0 Å². The van der Waals surface area contributed by atoms with Gasteiger partial charge in [-0.3, -0.25) is 23.9 Å². The summed E-state index contributed by atoms with van der Waals surface area (Å²) < 4.78 is 53.1. The maximum Gasteiger partial charge on any atom is 0.303 e. The van der Waals surface area contributed by atoms with Crippen LogP contribution in [-0.2, 0) is 49.3 Å². The molecule has 0 saturated carbocycles. The normalized spacial score (nSPS) is 19.8. The summed E-state index contributed by atoms with van der Waals surface area (Å²) in [7, 11) is 4.69. The molecule has 0 spiro atoms. The molecule has 1 aliphatic rings. The lowest BCUT2D eigenvalue weighted by Crippen LogP contribution is -2.63. The maximum atomic E-state index is 12.5. The third-order valence-electron chi connectivity index (χ3n) is 7.86. The summed E-state index contributed by atoms with van der Waals surface area (Å²) in [6.07, 6.45) is -6.70. The Morgan fingerprint density at radius 3 is 1.90 bits per heavy atom. The van der Waals surface area contributed by atoms with E-state index in [0.717, 1.165) is 31.9 Å². The number of hydrogen-bond acceptors (Lipinski definition) is 14. The molecule has 2 heterocycles. The molecule has 0 bridgehead atoms. The Kier molecular flexibility index (Phi) is 12.9. The molecule has 0 N–H and O–H groups in total. The van der Waals surface area contributed by atoms with Gasteiger partial charge in [0.25, 0.3) is 0 Å². The first-order valence-corrected chi connectivity index (χ1v) is 16.2. The van der Waals surface area contributed by atoms with Crippen LogP contribution in [0.5, 0.6) is 23.1 Å².